The number of benzene rings is 1. The number of carbonyl (C=O) groups excluding carboxylic acids is 1. The topological polar surface area (TPSA) is 64.0 Å². The smallest absolute Gasteiger partial charge is 0.253 e. The van der Waals surface area contributed by atoms with Gasteiger partial charge < -0.3 is 5.32 Å². The number of aromatic nitrogens is 2. The number of hydrogen-bond donors (Lipinski definition) is 1. The quantitative estimate of drug-likeness (QED) is 0.903. The van der Waals surface area contributed by atoms with Crippen LogP contribution in [0, 0.1) is 5.92 Å². The molecule has 0 radical (unpaired) electrons. The molecule has 21 heavy (non-hydrogen) atoms. The summed E-state index contributed by atoms with van der Waals surface area (Å²) < 4.78 is 1.51. The molecular weight excluding hydrogens is 266 g/mol. The van der Waals surface area contributed by atoms with E-state index in [1.165, 1.54) is 17.0 Å². The van der Waals surface area contributed by atoms with Crippen LogP contribution in [0.4, 0.5) is 0 Å². The van der Waals surface area contributed by atoms with E-state index in [1.807, 2.05) is 30.3 Å². The van der Waals surface area contributed by atoms with Gasteiger partial charge in [0.25, 0.3) is 5.56 Å². The van der Waals surface area contributed by atoms with Gasteiger partial charge in [0.05, 0.1) is 12.0 Å². The second-order valence-electron chi connectivity index (χ2n) is 5.24. The summed E-state index contributed by atoms with van der Waals surface area (Å²) in [6.45, 7) is 0.904. The first-order chi connectivity index (χ1) is 10.2. The fourth-order valence-corrected chi connectivity index (χ4v) is 2.15. The van der Waals surface area contributed by atoms with E-state index in [0.29, 0.717) is 18.8 Å². The lowest BCUT2D eigenvalue weighted by Gasteiger charge is -2.07. The van der Waals surface area contributed by atoms with Crippen LogP contribution in [0.5, 0.6) is 0 Å². The molecule has 5 heteroatoms. The Labute approximate surface area is 122 Å². The lowest BCUT2D eigenvalue weighted by molar-refractivity contribution is -0.122. The maximum Gasteiger partial charge on any atom is 0.253 e. The first kappa shape index (κ1) is 13.5. The molecule has 2 aromatic rings. The lowest BCUT2D eigenvalue weighted by atomic mass is 10.1. The number of amides is 1. The zero-order valence-corrected chi connectivity index (χ0v) is 11.7. The number of hydrogen-bond acceptors (Lipinski definition) is 3. The van der Waals surface area contributed by atoms with Crippen LogP contribution in [-0.4, -0.2) is 22.0 Å². The minimum Gasteiger partial charge on any atom is -0.354 e. The minimum atomic E-state index is -0.107. The second-order valence-corrected chi connectivity index (χ2v) is 5.24. The number of nitrogens with one attached hydrogen (secondary N) is 1. The number of nitrogens with zero attached hydrogens (tertiary/aromatic N) is 2. The van der Waals surface area contributed by atoms with Crippen molar-refractivity contribution in [1.82, 2.24) is 14.9 Å². The van der Waals surface area contributed by atoms with Gasteiger partial charge in [0.2, 0.25) is 5.91 Å². The van der Waals surface area contributed by atoms with Crippen LogP contribution in [0.2, 0.25) is 0 Å². The number of rotatable bonds is 5. The van der Waals surface area contributed by atoms with Crippen molar-refractivity contribution in [3.63, 3.8) is 0 Å². The molecule has 1 heterocycles. The summed E-state index contributed by atoms with van der Waals surface area (Å²) in [5.41, 5.74) is 1.48. The van der Waals surface area contributed by atoms with Gasteiger partial charge >= 0.3 is 0 Å². The van der Waals surface area contributed by atoms with Crippen molar-refractivity contribution in [3.05, 3.63) is 53.1 Å². The van der Waals surface area contributed by atoms with Gasteiger partial charge in [-0.1, -0.05) is 30.3 Å². The van der Waals surface area contributed by atoms with Crippen LogP contribution in [0.25, 0.3) is 11.3 Å². The highest BCUT2D eigenvalue weighted by molar-refractivity contribution is 5.80. The van der Waals surface area contributed by atoms with Crippen molar-refractivity contribution in [2.75, 3.05) is 6.54 Å². The maximum absolute atomic E-state index is 12.0. The monoisotopic (exact) mass is 283 g/mol. The van der Waals surface area contributed by atoms with E-state index in [2.05, 4.69) is 10.3 Å². The Bertz CT molecular complexity index is 690. The van der Waals surface area contributed by atoms with Crippen molar-refractivity contribution in [2.24, 2.45) is 5.92 Å². The molecule has 0 aliphatic heterocycles. The van der Waals surface area contributed by atoms with E-state index in [-0.39, 0.29) is 17.4 Å². The average molecular weight is 283 g/mol. The summed E-state index contributed by atoms with van der Waals surface area (Å²) in [7, 11) is 0. The molecule has 1 aliphatic rings. The molecule has 1 N–H and O–H groups in total. The molecule has 0 saturated heterocycles. The van der Waals surface area contributed by atoms with Gasteiger partial charge in [-0.05, 0) is 12.8 Å². The summed E-state index contributed by atoms with van der Waals surface area (Å²) in [6, 6.07) is 11.1. The van der Waals surface area contributed by atoms with E-state index < -0.39 is 0 Å². The zero-order chi connectivity index (χ0) is 14.7. The first-order valence-electron chi connectivity index (χ1n) is 7.13. The van der Waals surface area contributed by atoms with Crippen molar-refractivity contribution in [3.8, 4) is 11.3 Å². The third kappa shape index (κ3) is 3.37. The third-order valence-corrected chi connectivity index (χ3v) is 3.55. The second kappa shape index (κ2) is 5.91. The SMILES string of the molecule is O=C(NCCn1cnc(-c2ccccc2)cc1=O)C1CC1. The van der Waals surface area contributed by atoms with Gasteiger partial charge in [0.15, 0.2) is 0 Å². The molecule has 0 spiro atoms. The van der Waals surface area contributed by atoms with Gasteiger partial charge in [-0.2, -0.15) is 0 Å². The molecule has 108 valence electrons. The van der Waals surface area contributed by atoms with Crippen LogP contribution in [0.3, 0.4) is 0 Å². The van der Waals surface area contributed by atoms with Gasteiger partial charge in [-0.3, -0.25) is 14.2 Å². The molecule has 0 unspecified atom stereocenters. The summed E-state index contributed by atoms with van der Waals surface area (Å²) in [4.78, 5) is 27.9. The third-order valence-electron chi connectivity index (χ3n) is 3.55. The molecule has 1 aliphatic carbocycles. The highest BCUT2D eigenvalue weighted by Gasteiger charge is 2.28. The standard InChI is InChI=1S/C16H17N3O2/c20-15-10-14(12-4-2-1-3-5-12)18-11-19(15)9-8-17-16(21)13-6-7-13/h1-5,10-11,13H,6-9H2,(H,17,21). The Balaban J connectivity index is 1.64. The van der Waals surface area contributed by atoms with Crippen LogP contribution in [0.1, 0.15) is 12.8 Å². The van der Waals surface area contributed by atoms with Crippen molar-refractivity contribution in [1.29, 1.82) is 0 Å². The van der Waals surface area contributed by atoms with Gasteiger partial charge in [-0.25, -0.2) is 4.98 Å². The largest absolute Gasteiger partial charge is 0.354 e. The van der Waals surface area contributed by atoms with Crippen molar-refractivity contribution >= 4 is 5.91 Å². The summed E-state index contributed by atoms with van der Waals surface area (Å²) in [5.74, 6) is 0.289. The molecular formula is C16H17N3O2. The fraction of sp³-hybridized carbons (Fsp3) is 0.312. The Kier molecular flexibility index (Phi) is 3.81. The lowest BCUT2D eigenvalue weighted by Crippen LogP contribution is -2.31. The maximum atomic E-state index is 12.0. The van der Waals surface area contributed by atoms with Gasteiger partial charge in [0, 0.05) is 30.6 Å². The molecule has 5 nitrogen and oxygen atoms in total. The predicted octanol–water partition coefficient (Wildman–Crippen LogP) is 1.44. The summed E-state index contributed by atoms with van der Waals surface area (Å²) in [6.07, 6.45) is 3.51. The van der Waals surface area contributed by atoms with Crippen LogP contribution >= 0.6 is 0 Å². The van der Waals surface area contributed by atoms with Gasteiger partial charge in [0.1, 0.15) is 0 Å². The molecule has 1 aromatic heterocycles. The Morgan fingerprint density at radius 2 is 2.05 bits per heavy atom. The predicted molar refractivity (Wildman–Crippen MR) is 79.7 cm³/mol. The van der Waals surface area contributed by atoms with Crippen molar-refractivity contribution < 1.29 is 4.79 Å². The van der Waals surface area contributed by atoms with Gasteiger partial charge in [-0.15, -0.1) is 0 Å². The van der Waals surface area contributed by atoms with Crippen LogP contribution < -0.4 is 10.9 Å². The first-order valence-corrected chi connectivity index (χ1v) is 7.13. The highest BCUT2D eigenvalue weighted by Crippen LogP contribution is 2.28. The van der Waals surface area contributed by atoms with Crippen molar-refractivity contribution in [2.45, 2.75) is 19.4 Å². The molecule has 1 amide bonds. The summed E-state index contributed by atoms with van der Waals surface area (Å²) >= 11 is 0. The Morgan fingerprint density at radius 3 is 2.71 bits per heavy atom. The Morgan fingerprint density at radius 1 is 1.29 bits per heavy atom. The molecule has 0 atom stereocenters. The molecule has 0 bridgehead atoms. The molecule has 1 saturated carbocycles. The normalized spacial score (nSPS) is 13.9. The molecule has 3 rings (SSSR count). The van der Waals surface area contributed by atoms with E-state index in [0.717, 1.165) is 18.4 Å². The zero-order valence-electron chi connectivity index (χ0n) is 11.7. The highest BCUT2D eigenvalue weighted by atomic mass is 16.2. The van der Waals surface area contributed by atoms with Crippen LogP contribution in [0.15, 0.2) is 47.5 Å². The minimum absolute atomic E-state index is 0.0944. The van der Waals surface area contributed by atoms with E-state index >= 15 is 0 Å². The molecule has 1 aromatic carbocycles. The Hall–Kier alpha value is -2.43. The summed E-state index contributed by atoms with van der Waals surface area (Å²) in [5, 5.41) is 2.84. The molecule has 1 fully saturated rings. The van der Waals surface area contributed by atoms with Crippen LogP contribution in [-0.2, 0) is 11.3 Å². The fourth-order valence-electron chi connectivity index (χ4n) is 2.15. The van der Waals surface area contributed by atoms with E-state index in [4.69, 9.17) is 0 Å². The van der Waals surface area contributed by atoms with E-state index in [1.54, 1.807) is 0 Å². The number of carbonyl (C=O) groups is 1. The average Bonchev–Trinajstić information content (AvgIpc) is 3.34. The van der Waals surface area contributed by atoms with E-state index in [9.17, 15) is 9.59 Å².